The highest BCUT2D eigenvalue weighted by molar-refractivity contribution is 5.80. The lowest BCUT2D eigenvalue weighted by Gasteiger charge is -2.20. The lowest BCUT2D eigenvalue weighted by Crippen LogP contribution is -2.35. The number of carboxylic acids is 1. The van der Waals surface area contributed by atoms with Gasteiger partial charge in [-0.05, 0) is 18.9 Å². The standard InChI is InChI=1S/C16H21NO4/c1-16(15(19)20)8-9-17(12-16)14(18)7-10-21-11-13-5-3-2-4-6-13/h2-6H,7-12H2,1H3,(H,19,20). The highest BCUT2D eigenvalue weighted by Crippen LogP contribution is 2.30. The Balaban J connectivity index is 1.70. The Morgan fingerprint density at radius 1 is 1.33 bits per heavy atom. The maximum Gasteiger partial charge on any atom is 0.311 e. The van der Waals surface area contributed by atoms with Gasteiger partial charge >= 0.3 is 5.97 Å². The van der Waals surface area contributed by atoms with Gasteiger partial charge in [0.05, 0.1) is 25.0 Å². The van der Waals surface area contributed by atoms with Crippen LogP contribution in [-0.4, -0.2) is 41.6 Å². The fraction of sp³-hybridized carbons (Fsp3) is 0.500. The largest absolute Gasteiger partial charge is 0.481 e. The molecule has 1 aromatic rings. The highest BCUT2D eigenvalue weighted by atomic mass is 16.5. The molecule has 1 aliphatic heterocycles. The Morgan fingerprint density at radius 2 is 2.05 bits per heavy atom. The Hall–Kier alpha value is -1.88. The molecule has 5 nitrogen and oxygen atoms in total. The summed E-state index contributed by atoms with van der Waals surface area (Å²) in [6.07, 6.45) is 0.807. The van der Waals surface area contributed by atoms with Crippen molar-refractivity contribution in [1.82, 2.24) is 4.90 Å². The van der Waals surface area contributed by atoms with E-state index in [2.05, 4.69) is 0 Å². The number of carbonyl (C=O) groups excluding carboxylic acids is 1. The number of hydrogen-bond donors (Lipinski definition) is 1. The van der Waals surface area contributed by atoms with Crippen molar-refractivity contribution in [1.29, 1.82) is 0 Å². The predicted octanol–water partition coefficient (Wildman–Crippen LogP) is 1.92. The number of carboxylic acid groups (broad SMARTS) is 1. The van der Waals surface area contributed by atoms with Gasteiger partial charge in [-0.3, -0.25) is 9.59 Å². The summed E-state index contributed by atoms with van der Waals surface area (Å²) in [5.41, 5.74) is 0.269. The first kappa shape index (κ1) is 15.5. The van der Waals surface area contributed by atoms with Crippen LogP contribution in [0.25, 0.3) is 0 Å². The molecule has 21 heavy (non-hydrogen) atoms. The Kier molecular flexibility index (Phi) is 4.96. The van der Waals surface area contributed by atoms with Gasteiger partial charge in [-0.2, -0.15) is 0 Å². The minimum absolute atomic E-state index is 0.0342. The van der Waals surface area contributed by atoms with Gasteiger partial charge in [-0.25, -0.2) is 0 Å². The molecule has 0 aromatic heterocycles. The van der Waals surface area contributed by atoms with Crippen LogP contribution < -0.4 is 0 Å². The zero-order chi connectivity index (χ0) is 15.3. The van der Waals surface area contributed by atoms with E-state index in [-0.39, 0.29) is 5.91 Å². The van der Waals surface area contributed by atoms with Crippen LogP contribution in [0.1, 0.15) is 25.3 Å². The number of rotatable bonds is 6. The monoisotopic (exact) mass is 291 g/mol. The van der Waals surface area contributed by atoms with Crippen molar-refractivity contribution in [2.75, 3.05) is 19.7 Å². The van der Waals surface area contributed by atoms with Gasteiger partial charge in [-0.1, -0.05) is 30.3 Å². The number of likely N-dealkylation sites (tertiary alicyclic amines) is 1. The van der Waals surface area contributed by atoms with Gasteiger partial charge < -0.3 is 14.7 Å². The van der Waals surface area contributed by atoms with Crippen molar-refractivity contribution in [2.24, 2.45) is 5.41 Å². The van der Waals surface area contributed by atoms with Crippen molar-refractivity contribution in [3.63, 3.8) is 0 Å². The first-order chi connectivity index (χ1) is 10.0. The number of ether oxygens (including phenoxy) is 1. The molecular weight excluding hydrogens is 270 g/mol. The third-order valence-corrected chi connectivity index (χ3v) is 3.91. The Morgan fingerprint density at radius 3 is 2.67 bits per heavy atom. The lowest BCUT2D eigenvalue weighted by atomic mass is 9.90. The summed E-state index contributed by atoms with van der Waals surface area (Å²) in [5, 5.41) is 9.15. The maximum atomic E-state index is 12.0. The third-order valence-electron chi connectivity index (χ3n) is 3.91. The fourth-order valence-electron chi connectivity index (χ4n) is 2.43. The summed E-state index contributed by atoms with van der Waals surface area (Å²) in [7, 11) is 0. The molecular formula is C16H21NO4. The number of carbonyl (C=O) groups is 2. The summed E-state index contributed by atoms with van der Waals surface area (Å²) in [5.74, 6) is -0.869. The first-order valence-electron chi connectivity index (χ1n) is 7.14. The molecule has 1 heterocycles. The quantitative estimate of drug-likeness (QED) is 0.813. The summed E-state index contributed by atoms with van der Waals surface area (Å²) in [4.78, 5) is 24.8. The number of aliphatic carboxylic acids is 1. The molecule has 1 amide bonds. The predicted molar refractivity (Wildman–Crippen MR) is 77.7 cm³/mol. The van der Waals surface area contributed by atoms with E-state index in [9.17, 15) is 9.59 Å². The van der Waals surface area contributed by atoms with Crippen LogP contribution in [0.5, 0.6) is 0 Å². The number of amides is 1. The molecule has 1 N–H and O–H groups in total. The van der Waals surface area contributed by atoms with E-state index in [4.69, 9.17) is 9.84 Å². The summed E-state index contributed by atoms with van der Waals surface area (Å²) in [6, 6.07) is 9.78. The van der Waals surface area contributed by atoms with Crippen LogP contribution in [0, 0.1) is 5.41 Å². The van der Waals surface area contributed by atoms with Gasteiger partial charge in [0.25, 0.3) is 0 Å². The first-order valence-corrected chi connectivity index (χ1v) is 7.14. The Labute approximate surface area is 124 Å². The summed E-state index contributed by atoms with van der Waals surface area (Å²) in [6.45, 7) is 3.34. The van der Waals surface area contributed by atoms with Crippen molar-refractivity contribution in [3.8, 4) is 0 Å². The van der Waals surface area contributed by atoms with Crippen molar-refractivity contribution >= 4 is 11.9 Å². The van der Waals surface area contributed by atoms with Crippen LogP contribution in [0.2, 0.25) is 0 Å². The van der Waals surface area contributed by atoms with Gasteiger partial charge in [0.2, 0.25) is 5.91 Å². The molecule has 5 heteroatoms. The average Bonchev–Trinajstić information content (AvgIpc) is 2.89. The highest BCUT2D eigenvalue weighted by Gasteiger charge is 2.41. The second-order valence-corrected chi connectivity index (χ2v) is 5.72. The molecule has 0 aliphatic carbocycles. The molecule has 2 rings (SSSR count). The minimum Gasteiger partial charge on any atom is -0.481 e. The molecule has 0 radical (unpaired) electrons. The van der Waals surface area contributed by atoms with Gasteiger partial charge in [0.15, 0.2) is 0 Å². The van der Waals surface area contributed by atoms with E-state index in [1.54, 1.807) is 11.8 Å². The molecule has 0 spiro atoms. The van der Waals surface area contributed by atoms with Crippen molar-refractivity contribution in [2.45, 2.75) is 26.4 Å². The minimum atomic E-state index is -0.835. The molecule has 0 bridgehead atoms. The van der Waals surface area contributed by atoms with E-state index in [0.717, 1.165) is 5.56 Å². The van der Waals surface area contributed by atoms with E-state index in [1.807, 2.05) is 30.3 Å². The van der Waals surface area contributed by atoms with Crippen LogP contribution in [-0.2, 0) is 20.9 Å². The average molecular weight is 291 g/mol. The fourth-order valence-corrected chi connectivity index (χ4v) is 2.43. The van der Waals surface area contributed by atoms with Crippen molar-refractivity contribution in [3.05, 3.63) is 35.9 Å². The smallest absolute Gasteiger partial charge is 0.311 e. The van der Waals surface area contributed by atoms with E-state index in [0.29, 0.717) is 39.1 Å². The van der Waals surface area contributed by atoms with Gasteiger partial charge in [-0.15, -0.1) is 0 Å². The van der Waals surface area contributed by atoms with E-state index >= 15 is 0 Å². The zero-order valence-corrected chi connectivity index (χ0v) is 12.2. The van der Waals surface area contributed by atoms with Gasteiger partial charge in [0.1, 0.15) is 0 Å². The number of hydrogen-bond acceptors (Lipinski definition) is 3. The summed E-state index contributed by atoms with van der Waals surface area (Å²) < 4.78 is 5.49. The van der Waals surface area contributed by atoms with Crippen LogP contribution in [0.15, 0.2) is 30.3 Å². The molecule has 1 aromatic carbocycles. The molecule has 114 valence electrons. The maximum absolute atomic E-state index is 12.0. The van der Waals surface area contributed by atoms with E-state index in [1.165, 1.54) is 0 Å². The number of benzene rings is 1. The lowest BCUT2D eigenvalue weighted by molar-refractivity contribution is -0.147. The molecule has 1 fully saturated rings. The second-order valence-electron chi connectivity index (χ2n) is 5.72. The Bertz CT molecular complexity index is 502. The zero-order valence-electron chi connectivity index (χ0n) is 12.2. The molecule has 1 saturated heterocycles. The topological polar surface area (TPSA) is 66.8 Å². The normalized spacial score (nSPS) is 21.5. The second kappa shape index (κ2) is 6.72. The molecule has 1 atom stereocenters. The third kappa shape index (κ3) is 4.04. The van der Waals surface area contributed by atoms with Crippen LogP contribution in [0.3, 0.4) is 0 Å². The SMILES string of the molecule is CC1(C(=O)O)CCN(C(=O)CCOCc2ccccc2)C1. The molecule has 1 aliphatic rings. The molecule has 1 unspecified atom stereocenters. The molecule has 0 saturated carbocycles. The summed E-state index contributed by atoms with van der Waals surface area (Å²) >= 11 is 0. The van der Waals surface area contributed by atoms with Crippen LogP contribution >= 0.6 is 0 Å². The van der Waals surface area contributed by atoms with Gasteiger partial charge in [0, 0.05) is 13.1 Å². The van der Waals surface area contributed by atoms with Crippen molar-refractivity contribution < 1.29 is 19.4 Å². The number of nitrogens with zero attached hydrogens (tertiary/aromatic N) is 1. The van der Waals surface area contributed by atoms with Crippen LogP contribution in [0.4, 0.5) is 0 Å². The van der Waals surface area contributed by atoms with E-state index < -0.39 is 11.4 Å².